The lowest BCUT2D eigenvalue weighted by molar-refractivity contribution is 0.470. The normalized spacial score (nSPS) is 11.1. The van der Waals surface area contributed by atoms with Gasteiger partial charge in [0.1, 0.15) is 11.3 Å². The first-order chi connectivity index (χ1) is 8.93. The van der Waals surface area contributed by atoms with Crippen molar-refractivity contribution in [2.75, 3.05) is 6.54 Å². The highest BCUT2D eigenvalue weighted by Crippen LogP contribution is 2.08. The average molecular weight is 242 g/mol. The smallest absolute Gasteiger partial charge is 0.117 e. The van der Waals surface area contributed by atoms with E-state index in [4.69, 9.17) is 4.42 Å². The molecule has 0 saturated carbocycles. The summed E-state index contributed by atoms with van der Waals surface area (Å²) < 4.78 is 7.15. The van der Waals surface area contributed by atoms with E-state index in [9.17, 15) is 0 Å². The Morgan fingerprint density at radius 3 is 3.00 bits per heavy atom. The molecule has 0 amide bonds. The molecule has 5 heteroatoms. The van der Waals surface area contributed by atoms with Crippen molar-refractivity contribution in [1.29, 1.82) is 0 Å². The van der Waals surface area contributed by atoms with Crippen molar-refractivity contribution >= 4 is 11.0 Å². The van der Waals surface area contributed by atoms with Crippen molar-refractivity contribution in [3.8, 4) is 0 Å². The van der Waals surface area contributed by atoms with Crippen molar-refractivity contribution in [3.63, 3.8) is 0 Å². The van der Waals surface area contributed by atoms with Crippen LogP contribution in [0.15, 0.2) is 47.1 Å². The van der Waals surface area contributed by atoms with E-state index in [-0.39, 0.29) is 0 Å². The molecule has 2 aromatic heterocycles. The molecule has 0 aliphatic rings. The van der Waals surface area contributed by atoms with Crippen molar-refractivity contribution < 1.29 is 4.42 Å². The van der Waals surface area contributed by atoms with Crippen LogP contribution in [0.3, 0.4) is 0 Å². The highest BCUT2D eigenvalue weighted by Gasteiger charge is 2.02. The number of nitrogens with zero attached hydrogens (tertiary/aromatic N) is 3. The van der Waals surface area contributed by atoms with Gasteiger partial charge in [-0.3, -0.25) is 0 Å². The second-order valence-corrected chi connectivity index (χ2v) is 4.06. The van der Waals surface area contributed by atoms with E-state index in [0.717, 1.165) is 36.4 Å². The predicted molar refractivity (Wildman–Crippen MR) is 67.9 cm³/mol. The SMILES string of the molecule is c1coc(CNCCn2nnc3ccccc32)c1. The molecule has 5 nitrogen and oxygen atoms in total. The highest BCUT2D eigenvalue weighted by molar-refractivity contribution is 5.73. The maximum atomic E-state index is 5.24. The lowest BCUT2D eigenvalue weighted by atomic mass is 10.3. The molecular weight excluding hydrogens is 228 g/mol. The Labute approximate surface area is 104 Å². The summed E-state index contributed by atoms with van der Waals surface area (Å²) in [5.41, 5.74) is 2.00. The van der Waals surface area contributed by atoms with Crippen LogP contribution in [0.5, 0.6) is 0 Å². The molecule has 1 N–H and O–H groups in total. The molecule has 0 aliphatic heterocycles. The molecule has 0 unspecified atom stereocenters. The number of hydrogen-bond donors (Lipinski definition) is 1. The molecule has 0 aliphatic carbocycles. The molecule has 0 atom stereocenters. The molecule has 0 saturated heterocycles. The summed E-state index contributed by atoms with van der Waals surface area (Å²) in [6.45, 7) is 2.36. The number of nitrogens with one attached hydrogen (secondary N) is 1. The van der Waals surface area contributed by atoms with Gasteiger partial charge in [-0.05, 0) is 24.3 Å². The van der Waals surface area contributed by atoms with Crippen molar-refractivity contribution in [2.24, 2.45) is 0 Å². The van der Waals surface area contributed by atoms with E-state index in [0.29, 0.717) is 0 Å². The average Bonchev–Trinajstić information content (AvgIpc) is 3.04. The summed E-state index contributed by atoms with van der Waals surface area (Å²) >= 11 is 0. The Morgan fingerprint density at radius 1 is 1.17 bits per heavy atom. The van der Waals surface area contributed by atoms with Crippen LogP contribution in [0.4, 0.5) is 0 Å². The van der Waals surface area contributed by atoms with Crippen LogP contribution in [0.25, 0.3) is 11.0 Å². The number of rotatable bonds is 5. The van der Waals surface area contributed by atoms with Gasteiger partial charge in [-0.1, -0.05) is 17.3 Å². The molecule has 0 fully saturated rings. The van der Waals surface area contributed by atoms with E-state index in [2.05, 4.69) is 15.6 Å². The molecule has 18 heavy (non-hydrogen) atoms. The van der Waals surface area contributed by atoms with Crippen LogP contribution < -0.4 is 5.32 Å². The first-order valence-corrected chi connectivity index (χ1v) is 5.95. The van der Waals surface area contributed by atoms with Gasteiger partial charge in [0.25, 0.3) is 0 Å². The molecule has 3 rings (SSSR count). The van der Waals surface area contributed by atoms with Gasteiger partial charge in [-0.2, -0.15) is 0 Å². The molecular formula is C13H14N4O. The fourth-order valence-electron chi connectivity index (χ4n) is 1.89. The minimum atomic E-state index is 0.736. The second kappa shape index (κ2) is 5.01. The van der Waals surface area contributed by atoms with Crippen LogP contribution in [-0.4, -0.2) is 21.5 Å². The Bertz CT molecular complexity index is 615. The molecule has 0 spiro atoms. The third-order valence-electron chi connectivity index (χ3n) is 2.80. The van der Waals surface area contributed by atoms with Gasteiger partial charge in [-0.15, -0.1) is 5.10 Å². The lowest BCUT2D eigenvalue weighted by Crippen LogP contribution is -2.19. The van der Waals surface area contributed by atoms with Crippen LogP contribution in [0, 0.1) is 0 Å². The van der Waals surface area contributed by atoms with E-state index in [1.165, 1.54) is 0 Å². The zero-order valence-electron chi connectivity index (χ0n) is 9.91. The third-order valence-corrected chi connectivity index (χ3v) is 2.80. The number of furan rings is 1. The topological polar surface area (TPSA) is 55.9 Å². The summed E-state index contributed by atoms with van der Waals surface area (Å²) in [6, 6.07) is 11.8. The molecule has 0 radical (unpaired) electrons. The Morgan fingerprint density at radius 2 is 2.11 bits per heavy atom. The van der Waals surface area contributed by atoms with E-state index >= 15 is 0 Å². The van der Waals surface area contributed by atoms with Crippen LogP contribution in [0.1, 0.15) is 5.76 Å². The molecule has 1 aromatic carbocycles. The van der Waals surface area contributed by atoms with Gasteiger partial charge in [0.15, 0.2) is 0 Å². The minimum absolute atomic E-state index is 0.736. The number of hydrogen-bond acceptors (Lipinski definition) is 4. The van der Waals surface area contributed by atoms with Crippen molar-refractivity contribution in [1.82, 2.24) is 20.3 Å². The first-order valence-electron chi connectivity index (χ1n) is 5.95. The van der Waals surface area contributed by atoms with E-state index in [1.54, 1.807) is 6.26 Å². The van der Waals surface area contributed by atoms with E-state index < -0.39 is 0 Å². The Hall–Kier alpha value is -2.14. The van der Waals surface area contributed by atoms with Gasteiger partial charge < -0.3 is 9.73 Å². The van der Waals surface area contributed by atoms with Gasteiger partial charge in [-0.25, -0.2) is 4.68 Å². The summed E-state index contributed by atoms with van der Waals surface area (Å²) in [4.78, 5) is 0. The molecule has 92 valence electrons. The number of aromatic nitrogens is 3. The quantitative estimate of drug-likeness (QED) is 0.693. The zero-order chi connectivity index (χ0) is 12.2. The molecule has 0 bridgehead atoms. The monoisotopic (exact) mass is 242 g/mol. The summed E-state index contributed by atoms with van der Waals surface area (Å²) in [7, 11) is 0. The van der Waals surface area contributed by atoms with Crippen molar-refractivity contribution in [2.45, 2.75) is 13.1 Å². The summed E-state index contributed by atoms with van der Waals surface area (Å²) in [5.74, 6) is 0.943. The number of benzene rings is 1. The number of fused-ring (bicyclic) bond motifs is 1. The maximum absolute atomic E-state index is 5.24. The highest BCUT2D eigenvalue weighted by atomic mass is 16.3. The van der Waals surface area contributed by atoms with Crippen LogP contribution in [-0.2, 0) is 13.1 Å². The van der Waals surface area contributed by atoms with Gasteiger partial charge >= 0.3 is 0 Å². The standard InChI is InChI=1S/C13H14N4O/c1-2-6-13-12(5-1)15-16-17(13)8-7-14-10-11-4-3-9-18-11/h1-6,9,14H,7-8,10H2. The van der Waals surface area contributed by atoms with E-state index in [1.807, 2.05) is 41.1 Å². The fourth-order valence-corrected chi connectivity index (χ4v) is 1.89. The second-order valence-electron chi connectivity index (χ2n) is 4.06. The maximum Gasteiger partial charge on any atom is 0.117 e. The lowest BCUT2D eigenvalue weighted by Gasteiger charge is -2.03. The van der Waals surface area contributed by atoms with Crippen LogP contribution in [0.2, 0.25) is 0 Å². The molecule has 2 heterocycles. The number of para-hydroxylation sites is 1. The van der Waals surface area contributed by atoms with Gasteiger partial charge in [0.05, 0.1) is 24.9 Å². The van der Waals surface area contributed by atoms with Gasteiger partial charge in [0, 0.05) is 6.54 Å². The largest absolute Gasteiger partial charge is 0.468 e. The first kappa shape index (κ1) is 11.0. The fraction of sp³-hybridized carbons (Fsp3) is 0.231. The summed E-state index contributed by atoms with van der Waals surface area (Å²) in [6.07, 6.45) is 1.68. The Balaban J connectivity index is 1.57. The van der Waals surface area contributed by atoms with Gasteiger partial charge in [0.2, 0.25) is 0 Å². The third kappa shape index (κ3) is 2.26. The van der Waals surface area contributed by atoms with Crippen LogP contribution >= 0.6 is 0 Å². The summed E-state index contributed by atoms with van der Waals surface area (Å²) in [5, 5.41) is 11.6. The molecule has 3 aromatic rings. The minimum Gasteiger partial charge on any atom is -0.468 e. The Kier molecular flexibility index (Phi) is 3.06. The predicted octanol–water partition coefficient (Wildman–Crippen LogP) is 1.81. The zero-order valence-corrected chi connectivity index (χ0v) is 9.91. The van der Waals surface area contributed by atoms with Crippen molar-refractivity contribution in [3.05, 3.63) is 48.4 Å².